The number of hydrazine groups is 1. The van der Waals surface area contributed by atoms with Gasteiger partial charge in [-0.2, -0.15) is 0 Å². The number of aromatic nitrogens is 3. The van der Waals surface area contributed by atoms with Crippen LogP contribution in [0, 0.1) is 0 Å². The number of nitrogens with zero attached hydrogens (tertiary/aromatic N) is 3. The molecule has 0 aromatic carbocycles. The molecule has 6 heteroatoms. The summed E-state index contributed by atoms with van der Waals surface area (Å²) in [6, 6.07) is 0.0756. The maximum Gasteiger partial charge on any atom is 0.0844 e. The Hall–Kier alpha value is -0.980. The van der Waals surface area contributed by atoms with Gasteiger partial charge in [-0.15, -0.1) is 5.10 Å². The predicted molar refractivity (Wildman–Crippen MR) is 59.4 cm³/mol. The molecule has 3 N–H and O–H groups in total. The van der Waals surface area contributed by atoms with E-state index in [1.54, 1.807) is 4.68 Å². The molecule has 1 aromatic rings. The summed E-state index contributed by atoms with van der Waals surface area (Å²) in [6.45, 7) is 2.91. The molecule has 1 fully saturated rings. The van der Waals surface area contributed by atoms with Gasteiger partial charge >= 0.3 is 0 Å². The lowest BCUT2D eigenvalue weighted by atomic mass is 9.90. The van der Waals surface area contributed by atoms with Gasteiger partial charge in [0.2, 0.25) is 0 Å². The Kier molecular flexibility index (Phi) is 3.22. The highest BCUT2D eigenvalue weighted by Crippen LogP contribution is 2.29. The van der Waals surface area contributed by atoms with Crippen LogP contribution in [0.15, 0.2) is 6.20 Å². The highest BCUT2D eigenvalue weighted by Gasteiger charge is 2.38. The van der Waals surface area contributed by atoms with E-state index in [1.165, 1.54) is 0 Å². The van der Waals surface area contributed by atoms with Crippen LogP contribution in [-0.2, 0) is 18.2 Å². The molecule has 90 valence electrons. The quantitative estimate of drug-likeness (QED) is 0.546. The lowest BCUT2D eigenvalue weighted by Gasteiger charge is -2.32. The molecule has 1 aliphatic heterocycles. The van der Waals surface area contributed by atoms with Crippen molar-refractivity contribution in [2.75, 3.05) is 6.61 Å². The molecule has 1 saturated heterocycles. The van der Waals surface area contributed by atoms with Gasteiger partial charge in [0, 0.05) is 26.3 Å². The molecule has 6 nitrogen and oxygen atoms in total. The maximum absolute atomic E-state index is 5.77. The first-order chi connectivity index (χ1) is 7.64. The van der Waals surface area contributed by atoms with Crippen molar-refractivity contribution in [2.45, 2.75) is 37.8 Å². The lowest BCUT2D eigenvalue weighted by molar-refractivity contribution is -0.0117. The monoisotopic (exact) mass is 225 g/mol. The van der Waals surface area contributed by atoms with Gasteiger partial charge in [-0.05, 0) is 19.8 Å². The zero-order chi connectivity index (χ0) is 11.6. The van der Waals surface area contributed by atoms with Crippen LogP contribution in [0.5, 0.6) is 0 Å². The summed E-state index contributed by atoms with van der Waals surface area (Å²) in [4.78, 5) is 0. The highest BCUT2D eigenvalue weighted by molar-refractivity contribution is 5.02. The van der Waals surface area contributed by atoms with E-state index >= 15 is 0 Å². The minimum atomic E-state index is -0.188. The third kappa shape index (κ3) is 2.23. The van der Waals surface area contributed by atoms with Crippen LogP contribution in [0.25, 0.3) is 0 Å². The first-order valence-electron chi connectivity index (χ1n) is 5.59. The molecule has 16 heavy (non-hydrogen) atoms. The minimum Gasteiger partial charge on any atom is -0.374 e. The second kappa shape index (κ2) is 4.48. The molecular weight excluding hydrogens is 206 g/mol. The highest BCUT2D eigenvalue weighted by atomic mass is 16.5. The van der Waals surface area contributed by atoms with Gasteiger partial charge in [0.15, 0.2) is 0 Å². The molecule has 2 rings (SSSR count). The molecule has 1 aliphatic rings. The van der Waals surface area contributed by atoms with Crippen molar-refractivity contribution in [3.05, 3.63) is 11.9 Å². The summed E-state index contributed by atoms with van der Waals surface area (Å²) < 4.78 is 7.47. The van der Waals surface area contributed by atoms with E-state index < -0.39 is 0 Å². The second-order valence-electron chi connectivity index (χ2n) is 4.57. The van der Waals surface area contributed by atoms with E-state index in [2.05, 4.69) is 22.7 Å². The van der Waals surface area contributed by atoms with Gasteiger partial charge in [-0.1, -0.05) is 5.21 Å². The van der Waals surface area contributed by atoms with Crippen molar-refractivity contribution < 1.29 is 4.74 Å². The van der Waals surface area contributed by atoms with E-state index in [9.17, 15) is 0 Å². The number of rotatable bonds is 4. The van der Waals surface area contributed by atoms with Crippen molar-refractivity contribution in [2.24, 2.45) is 12.9 Å². The van der Waals surface area contributed by atoms with Crippen molar-refractivity contribution in [3.8, 4) is 0 Å². The Morgan fingerprint density at radius 3 is 3.06 bits per heavy atom. The SMILES string of the molecule is Cn1cc(CC(NN)C2(C)CCCO2)nn1. The molecule has 2 atom stereocenters. The minimum absolute atomic E-state index is 0.0756. The van der Waals surface area contributed by atoms with Crippen LogP contribution in [0.2, 0.25) is 0 Å². The number of aryl methyl sites for hydroxylation is 1. The third-order valence-corrected chi connectivity index (χ3v) is 3.25. The fourth-order valence-corrected chi connectivity index (χ4v) is 2.22. The van der Waals surface area contributed by atoms with Gasteiger partial charge in [0.1, 0.15) is 0 Å². The van der Waals surface area contributed by atoms with Gasteiger partial charge in [0.25, 0.3) is 0 Å². The normalized spacial score (nSPS) is 27.2. The van der Waals surface area contributed by atoms with Crippen LogP contribution in [0.1, 0.15) is 25.5 Å². The van der Waals surface area contributed by atoms with Crippen LogP contribution < -0.4 is 11.3 Å². The van der Waals surface area contributed by atoms with Gasteiger partial charge in [-0.25, -0.2) is 0 Å². The number of hydrogen-bond acceptors (Lipinski definition) is 5. The van der Waals surface area contributed by atoms with E-state index in [0.717, 1.165) is 31.6 Å². The molecule has 2 heterocycles. The fraction of sp³-hybridized carbons (Fsp3) is 0.800. The van der Waals surface area contributed by atoms with Crippen LogP contribution in [-0.4, -0.2) is 33.2 Å². The molecule has 0 spiro atoms. The van der Waals surface area contributed by atoms with Crippen LogP contribution in [0.4, 0.5) is 0 Å². The summed E-state index contributed by atoms with van der Waals surface area (Å²) in [5, 5.41) is 7.98. The molecule has 2 unspecified atom stereocenters. The summed E-state index contributed by atoms with van der Waals surface area (Å²) in [6.07, 6.45) is 4.76. The molecular formula is C10H19N5O. The molecule has 0 radical (unpaired) electrons. The van der Waals surface area contributed by atoms with E-state index in [1.807, 2.05) is 13.2 Å². The van der Waals surface area contributed by atoms with Crippen molar-refractivity contribution in [1.82, 2.24) is 20.4 Å². The van der Waals surface area contributed by atoms with Gasteiger partial charge < -0.3 is 4.74 Å². The molecule has 0 bridgehead atoms. The Bertz CT molecular complexity index is 345. The maximum atomic E-state index is 5.77. The van der Waals surface area contributed by atoms with Gasteiger partial charge in [0.05, 0.1) is 17.3 Å². The van der Waals surface area contributed by atoms with Crippen molar-refractivity contribution in [1.29, 1.82) is 0 Å². The number of nitrogens with two attached hydrogens (primary N) is 1. The predicted octanol–water partition coefficient (Wildman–Crippen LogP) is -0.241. The first-order valence-corrected chi connectivity index (χ1v) is 5.59. The van der Waals surface area contributed by atoms with Gasteiger partial charge in [-0.3, -0.25) is 16.0 Å². The molecule has 0 aliphatic carbocycles. The molecule has 0 amide bonds. The third-order valence-electron chi connectivity index (χ3n) is 3.25. The van der Waals surface area contributed by atoms with E-state index in [4.69, 9.17) is 10.6 Å². The van der Waals surface area contributed by atoms with Crippen molar-refractivity contribution >= 4 is 0 Å². The average molecular weight is 225 g/mol. The zero-order valence-electron chi connectivity index (χ0n) is 9.81. The molecule has 1 aromatic heterocycles. The molecule has 0 saturated carbocycles. The second-order valence-corrected chi connectivity index (χ2v) is 4.57. The number of ether oxygens (including phenoxy) is 1. The zero-order valence-corrected chi connectivity index (χ0v) is 9.81. The van der Waals surface area contributed by atoms with Crippen LogP contribution >= 0.6 is 0 Å². The Morgan fingerprint density at radius 2 is 2.56 bits per heavy atom. The van der Waals surface area contributed by atoms with Crippen molar-refractivity contribution in [3.63, 3.8) is 0 Å². The van der Waals surface area contributed by atoms with E-state index in [-0.39, 0.29) is 11.6 Å². The summed E-state index contributed by atoms with van der Waals surface area (Å²) in [5.41, 5.74) is 3.58. The van der Waals surface area contributed by atoms with E-state index in [0.29, 0.717) is 0 Å². The standard InChI is InChI=1S/C10H19N5O/c1-10(4-3-5-16-10)9(12-11)6-8-7-15(2)14-13-8/h7,9,12H,3-6,11H2,1-2H3. The average Bonchev–Trinajstić information content (AvgIpc) is 2.85. The Morgan fingerprint density at radius 1 is 1.75 bits per heavy atom. The topological polar surface area (TPSA) is 78.0 Å². The number of nitrogens with one attached hydrogen (secondary N) is 1. The Labute approximate surface area is 95.1 Å². The fourth-order valence-electron chi connectivity index (χ4n) is 2.22. The summed E-state index contributed by atoms with van der Waals surface area (Å²) in [5.74, 6) is 5.61. The number of hydrogen-bond donors (Lipinski definition) is 2. The summed E-state index contributed by atoms with van der Waals surface area (Å²) in [7, 11) is 1.86. The first kappa shape index (κ1) is 11.5. The Balaban J connectivity index is 2.05. The summed E-state index contributed by atoms with van der Waals surface area (Å²) >= 11 is 0. The smallest absolute Gasteiger partial charge is 0.0844 e. The lowest BCUT2D eigenvalue weighted by Crippen LogP contribution is -2.52. The largest absolute Gasteiger partial charge is 0.374 e. The van der Waals surface area contributed by atoms with Crippen LogP contribution in [0.3, 0.4) is 0 Å².